The Labute approximate surface area is 123 Å². The minimum Gasteiger partial charge on any atom is -0.311 e. The molecule has 1 amide bonds. The molecule has 21 heavy (non-hydrogen) atoms. The number of amides is 1. The fourth-order valence-electron chi connectivity index (χ4n) is 1.77. The number of carbonyl (C=O) groups is 1. The Morgan fingerprint density at radius 3 is 2.38 bits per heavy atom. The number of rotatable bonds is 4. The number of pyridine rings is 1. The van der Waals surface area contributed by atoms with Gasteiger partial charge in [-0.1, -0.05) is 0 Å². The highest BCUT2D eigenvalue weighted by molar-refractivity contribution is 7.92. The van der Waals surface area contributed by atoms with Crippen molar-refractivity contribution in [2.75, 3.05) is 22.9 Å². The summed E-state index contributed by atoms with van der Waals surface area (Å²) in [5.41, 5.74) is 1.59. The zero-order valence-electron chi connectivity index (χ0n) is 11.6. The van der Waals surface area contributed by atoms with Crippen LogP contribution in [0.15, 0.2) is 48.8 Å². The van der Waals surface area contributed by atoms with Gasteiger partial charge in [0.1, 0.15) is 0 Å². The molecule has 0 aliphatic carbocycles. The molecule has 1 aromatic heterocycles. The molecule has 0 spiro atoms. The van der Waals surface area contributed by atoms with Gasteiger partial charge in [-0.25, -0.2) is 8.42 Å². The summed E-state index contributed by atoms with van der Waals surface area (Å²) >= 11 is 0. The van der Waals surface area contributed by atoms with Crippen LogP contribution in [0.4, 0.5) is 11.4 Å². The molecule has 2 rings (SSSR count). The standard InChI is InChI=1S/C14H15N3O3S/c1-17(14(18)11-4-3-9-15-10-11)13-7-5-12(6-8-13)16-21(2,19)20/h3-10,16H,1-2H3. The molecule has 110 valence electrons. The molecule has 0 bridgehead atoms. The first-order chi connectivity index (χ1) is 9.87. The lowest BCUT2D eigenvalue weighted by molar-refractivity contribution is 0.0992. The fraction of sp³-hybridized carbons (Fsp3) is 0.143. The Hall–Kier alpha value is -2.41. The summed E-state index contributed by atoms with van der Waals surface area (Å²) in [5.74, 6) is -0.188. The van der Waals surface area contributed by atoms with Gasteiger partial charge in [0.2, 0.25) is 10.0 Å². The summed E-state index contributed by atoms with van der Waals surface area (Å²) in [4.78, 5) is 17.6. The third kappa shape index (κ3) is 4.03. The van der Waals surface area contributed by atoms with E-state index in [9.17, 15) is 13.2 Å². The van der Waals surface area contributed by atoms with E-state index in [4.69, 9.17) is 0 Å². The lowest BCUT2D eigenvalue weighted by Gasteiger charge is -2.17. The molecule has 0 atom stereocenters. The van der Waals surface area contributed by atoms with Gasteiger partial charge in [0.05, 0.1) is 11.8 Å². The first-order valence-corrected chi connectivity index (χ1v) is 8.02. The van der Waals surface area contributed by atoms with E-state index >= 15 is 0 Å². The number of benzene rings is 1. The van der Waals surface area contributed by atoms with Gasteiger partial charge in [-0.05, 0) is 36.4 Å². The molecule has 0 radical (unpaired) electrons. The van der Waals surface area contributed by atoms with Crippen molar-refractivity contribution in [3.8, 4) is 0 Å². The molecule has 0 saturated heterocycles. The van der Waals surface area contributed by atoms with Crippen molar-refractivity contribution in [1.29, 1.82) is 0 Å². The average molecular weight is 305 g/mol. The highest BCUT2D eigenvalue weighted by atomic mass is 32.2. The van der Waals surface area contributed by atoms with E-state index in [1.165, 1.54) is 11.1 Å². The van der Waals surface area contributed by atoms with Crippen LogP contribution in [0.1, 0.15) is 10.4 Å². The quantitative estimate of drug-likeness (QED) is 0.933. The van der Waals surface area contributed by atoms with Crippen molar-refractivity contribution in [3.63, 3.8) is 0 Å². The van der Waals surface area contributed by atoms with Gasteiger partial charge in [-0.2, -0.15) is 0 Å². The van der Waals surface area contributed by atoms with Crippen LogP contribution in [0.3, 0.4) is 0 Å². The summed E-state index contributed by atoms with van der Waals surface area (Å²) in [6, 6.07) is 9.92. The molecule has 2 aromatic rings. The van der Waals surface area contributed by atoms with Gasteiger partial charge in [-0.3, -0.25) is 14.5 Å². The molecule has 6 nitrogen and oxygen atoms in total. The molecular formula is C14H15N3O3S. The van der Waals surface area contributed by atoms with E-state index in [0.29, 0.717) is 16.9 Å². The summed E-state index contributed by atoms with van der Waals surface area (Å²) < 4.78 is 24.6. The number of sulfonamides is 1. The number of anilines is 2. The minimum absolute atomic E-state index is 0.188. The molecule has 0 unspecified atom stereocenters. The third-order valence-electron chi connectivity index (χ3n) is 2.77. The van der Waals surface area contributed by atoms with Gasteiger partial charge < -0.3 is 4.90 Å². The zero-order valence-corrected chi connectivity index (χ0v) is 12.5. The van der Waals surface area contributed by atoms with Crippen molar-refractivity contribution >= 4 is 27.3 Å². The Morgan fingerprint density at radius 2 is 1.86 bits per heavy atom. The summed E-state index contributed by atoms with van der Waals surface area (Å²) in [7, 11) is -1.66. The van der Waals surface area contributed by atoms with Crippen LogP contribution < -0.4 is 9.62 Å². The van der Waals surface area contributed by atoms with Crippen LogP contribution in [0.2, 0.25) is 0 Å². The monoisotopic (exact) mass is 305 g/mol. The second-order valence-corrected chi connectivity index (χ2v) is 6.28. The Balaban J connectivity index is 2.17. The van der Waals surface area contributed by atoms with E-state index < -0.39 is 10.0 Å². The molecule has 1 heterocycles. The van der Waals surface area contributed by atoms with Gasteiger partial charge in [-0.15, -0.1) is 0 Å². The average Bonchev–Trinajstić information content (AvgIpc) is 2.46. The molecule has 1 aromatic carbocycles. The maximum atomic E-state index is 12.2. The van der Waals surface area contributed by atoms with Gasteiger partial charge in [0.15, 0.2) is 0 Å². The number of hydrogen-bond donors (Lipinski definition) is 1. The predicted molar refractivity (Wildman–Crippen MR) is 81.9 cm³/mol. The van der Waals surface area contributed by atoms with Gasteiger partial charge >= 0.3 is 0 Å². The highest BCUT2D eigenvalue weighted by Gasteiger charge is 2.13. The van der Waals surface area contributed by atoms with E-state index in [-0.39, 0.29) is 5.91 Å². The molecular weight excluding hydrogens is 290 g/mol. The predicted octanol–water partition coefficient (Wildman–Crippen LogP) is 1.73. The van der Waals surface area contributed by atoms with Gasteiger partial charge in [0.25, 0.3) is 5.91 Å². The van der Waals surface area contributed by atoms with Crippen LogP contribution >= 0.6 is 0 Å². The number of hydrogen-bond acceptors (Lipinski definition) is 4. The zero-order chi connectivity index (χ0) is 15.5. The Kier molecular flexibility index (Phi) is 4.23. The highest BCUT2D eigenvalue weighted by Crippen LogP contribution is 2.19. The SMILES string of the molecule is CN(C(=O)c1cccnc1)c1ccc(NS(C)(=O)=O)cc1. The van der Waals surface area contributed by atoms with Crippen molar-refractivity contribution < 1.29 is 13.2 Å². The molecule has 0 saturated carbocycles. The van der Waals surface area contributed by atoms with E-state index in [2.05, 4.69) is 9.71 Å². The van der Waals surface area contributed by atoms with Crippen LogP contribution in [0.25, 0.3) is 0 Å². The summed E-state index contributed by atoms with van der Waals surface area (Å²) in [5, 5.41) is 0. The summed E-state index contributed by atoms with van der Waals surface area (Å²) in [6.07, 6.45) is 4.18. The van der Waals surface area contributed by atoms with Crippen molar-refractivity contribution in [2.24, 2.45) is 0 Å². The first kappa shape index (κ1) is 15.0. The largest absolute Gasteiger partial charge is 0.311 e. The smallest absolute Gasteiger partial charge is 0.259 e. The van der Waals surface area contributed by atoms with Crippen LogP contribution in [-0.4, -0.2) is 32.6 Å². The van der Waals surface area contributed by atoms with E-state index in [1.807, 2.05) is 0 Å². The fourth-order valence-corrected chi connectivity index (χ4v) is 2.33. The first-order valence-electron chi connectivity index (χ1n) is 6.13. The topological polar surface area (TPSA) is 79.4 Å². The lowest BCUT2D eigenvalue weighted by Crippen LogP contribution is -2.26. The maximum Gasteiger partial charge on any atom is 0.259 e. The third-order valence-corrected chi connectivity index (χ3v) is 3.38. The van der Waals surface area contributed by atoms with Crippen LogP contribution in [0.5, 0.6) is 0 Å². The maximum absolute atomic E-state index is 12.2. The van der Waals surface area contributed by atoms with E-state index in [0.717, 1.165) is 6.26 Å². The number of aromatic nitrogens is 1. The molecule has 7 heteroatoms. The van der Waals surface area contributed by atoms with Crippen LogP contribution in [-0.2, 0) is 10.0 Å². The number of carbonyl (C=O) groups excluding carboxylic acids is 1. The molecule has 0 aliphatic heterocycles. The normalized spacial score (nSPS) is 11.0. The second-order valence-electron chi connectivity index (χ2n) is 4.53. The second kappa shape index (κ2) is 5.92. The summed E-state index contributed by atoms with van der Waals surface area (Å²) in [6.45, 7) is 0. The lowest BCUT2D eigenvalue weighted by atomic mass is 10.2. The molecule has 0 aliphatic rings. The Morgan fingerprint density at radius 1 is 1.19 bits per heavy atom. The van der Waals surface area contributed by atoms with Crippen LogP contribution in [0, 0.1) is 0 Å². The Bertz CT molecular complexity index is 728. The van der Waals surface area contributed by atoms with Crippen molar-refractivity contribution in [1.82, 2.24) is 4.98 Å². The van der Waals surface area contributed by atoms with Crippen molar-refractivity contribution in [3.05, 3.63) is 54.4 Å². The molecule has 1 N–H and O–H groups in total. The number of nitrogens with zero attached hydrogens (tertiary/aromatic N) is 2. The minimum atomic E-state index is -3.31. The molecule has 0 fully saturated rings. The number of nitrogens with one attached hydrogen (secondary N) is 1. The van der Waals surface area contributed by atoms with Gasteiger partial charge in [0, 0.05) is 30.8 Å². The van der Waals surface area contributed by atoms with Crippen molar-refractivity contribution in [2.45, 2.75) is 0 Å². The van der Waals surface area contributed by atoms with E-state index in [1.54, 1.807) is 49.6 Å².